The van der Waals surface area contributed by atoms with Gasteiger partial charge in [-0.1, -0.05) is 35.4 Å². The first-order chi connectivity index (χ1) is 14.9. The monoisotopic (exact) mass is 546 g/mol. The standard InChI is InChI=1S/C13H9.2C6H5.C5H5.2ClH.Zr/c1-3-7-12-10(5-1)9-11-6-2-4-8-13(11)12;2*1-2-4-6-5-3-1;1-2-4-5-3-1;;;/h1-5,7-8H,9H2;2*1-5H;1-3H,4H2;2*1H;/q4*-1;;;+4. The smallest absolute Gasteiger partial charge is 0.273 e. The molecule has 0 saturated carbocycles. The summed E-state index contributed by atoms with van der Waals surface area (Å²) in [5, 5.41) is 0. The molecule has 0 saturated heterocycles. The fraction of sp³-hybridized carbons (Fsp3) is 0.0667. The van der Waals surface area contributed by atoms with Gasteiger partial charge in [-0.15, -0.1) is 36.8 Å². The zero-order chi connectivity index (χ0) is 20.7. The van der Waals surface area contributed by atoms with Crippen LogP contribution in [0.15, 0.2) is 121 Å². The van der Waals surface area contributed by atoms with Gasteiger partial charge in [0.25, 0.3) is 0 Å². The predicted octanol–water partition coefficient (Wildman–Crippen LogP) is 8.18. The summed E-state index contributed by atoms with van der Waals surface area (Å²) < 4.78 is 0. The molecule has 0 atom stereocenters. The molecule has 4 aromatic rings. The summed E-state index contributed by atoms with van der Waals surface area (Å²) in [6.45, 7) is 0. The van der Waals surface area contributed by atoms with Gasteiger partial charge in [0.2, 0.25) is 0 Å². The minimum Gasteiger partial charge on any atom is -0.273 e. The van der Waals surface area contributed by atoms with Crippen molar-refractivity contribution in [3.8, 4) is 11.1 Å². The van der Waals surface area contributed by atoms with Gasteiger partial charge in [0, 0.05) is 0 Å². The van der Waals surface area contributed by atoms with Crippen LogP contribution in [-0.2, 0) is 32.6 Å². The molecule has 33 heavy (non-hydrogen) atoms. The third-order valence-corrected chi connectivity index (χ3v) is 4.42. The Balaban J connectivity index is 0.000000439. The number of benzene rings is 4. The Labute approximate surface area is 230 Å². The van der Waals surface area contributed by atoms with Crippen LogP contribution in [0.1, 0.15) is 17.5 Å². The Morgan fingerprint density at radius 2 is 1.21 bits per heavy atom. The van der Waals surface area contributed by atoms with Crippen molar-refractivity contribution in [2.24, 2.45) is 0 Å². The zero-order valence-electron chi connectivity index (χ0n) is 18.3. The molecular formula is C30H26Cl2Zr. The summed E-state index contributed by atoms with van der Waals surface area (Å²) in [5.41, 5.74) is 5.51. The molecule has 0 radical (unpaired) electrons. The first-order valence-electron chi connectivity index (χ1n) is 10.1. The maximum atomic E-state index is 3.30. The summed E-state index contributed by atoms with van der Waals surface area (Å²) >= 11 is 0. The molecule has 3 heteroatoms. The van der Waals surface area contributed by atoms with E-state index < -0.39 is 0 Å². The average Bonchev–Trinajstić information content (AvgIpc) is 3.54. The largest absolute Gasteiger partial charge is 4.00 e. The minimum atomic E-state index is 0. The normalized spacial score (nSPS) is 10.4. The Morgan fingerprint density at radius 1 is 0.606 bits per heavy atom. The first kappa shape index (κ1) is 30.8. The third kappa shape index (κ3) is 11.5. The van der Waals surface area contributed by atoms with Crippen LogP contribution in [0.2, 0.25) is 0 Å². The van der Waals surface area contributed by atoms with Crippen molar-refractivity contribution in [2.45, 2.75) is 12.8 Å². The third-order valence-electron chi connectivity index (χ3n) is 4.42. The Kier molecular flexibility index (Phi) is 18.0. The van der Waals surface area contributed by atoms with E-state index in [4.69, 9.17) is 0 Å². The number of hydrogen-bond acceptors (Lipinski definition) is 0. The molecule has 164 valence electrons. The van der Waals surface area contributed by atoms with E-state index in [9.17, 15) is 0 Å². The second-order valence-corrected chi connectivity index (χ2v) is 6.55. The molecule has 0 heterocycles. The van der Waals surface area contributed by atoms with Gasteiger partial charge in [-0.05, 0) is 6.42 Å². The van der Waals surface area contributed by atoms with Crippen LogP contribution in [0.5, 0.6) is 0 Å². The molecule has 2 aliphatic carbocycles. The van der Waals surface area contributed by atoms with Crippen molar-refractivity contribution in [2.75, 3.05) is 0 Å². The molecule has 0 nitrogen and oxygen atoms in total. The summed E-state index contributed by atoms with van der Waals surface area (Å²) in [7, 11) is 0. The Morgan fingerprint density at radius 3 is 1.67 bits per heavy atom. The molecular weight excluding hydrogens is 522 g/mol. The summed E-state index contributed by atoms with van der Waals surface area (Å²) in [6.07, 6.45) is 11.0. The zero-order valence-corrected chi connectivity index (χ0v) is 22.4. The number of hydrogen-bond donors (Lipinski definition) is 0. The quantitative estimate of drug-likeness (QED) is 0.171. The minimum absolute atomic E-state index is 0. The van der Waals surface area contributed by atoms with Gasteiger partial charge in [-0.3, -0.25) is 6.08 Å². The van der Waals surface area contributed by atoms with Crippen molar-refractivity contribution in [1.82, 2.24) is 0 Å². The van der Waals surface area contributed by atoms with E-state index in [0.717, 1.165) is 12.8 Å². The number of fused-ring (bicyclic) bond motifs is 3. The molecule has 0 unspecified atom stereocenters. The molecule has 0 amide bonds. The average molecular weight is 549 g/mol. The summed E-state index contributed by atoms with van der Waals surface area (Å²) in [5.74, 6) is 0. The molecule has 0 aromatic heterocycles. The van der Waals surface area contributed by atoms with Crippen molar-refractivity contribution in [1.29, 1.82) is 0 Å². The van der Waals surface area contributed by atoms with Crippen LogP contribution in [0.3, 0.4) is 0 Å². The van der Waals surface area contributed by atoms with Crippen LogP contribution < -0.4 is 0 Å². The van der Waals surface area contributed by atoms with Crippen molar-refractivity contribution >= 4 is 24.8 Å². The van der Waals surface area contributed by atoms with Crippen LogP contribution >= 0.6 is 24.8 Å². The van der Waals surface area contributed by atoms with Crippen LogP contribution in [0.4, 0.5) is 0 Å². The van der Waals surface area contributed by atoms with Crippen LogP contribution in [0.25, 0.3) is 11.1 Å². The maximum Gasteiger partial charge on any atom is 4.00 e. The maximum absolute atomic E-state index is 3.30. The van der Waals surface area contributed by atoms with Crippen molar-refractivity contribution in [3.05, 3.63) is 157 Å². The molecule has 0 bridgehead atoms. The molecule has 2 aliphatic rings. The fourth-order valence-corrected chi connectivity index (χ4v) is 3.02. The van der Waals surface area contributed by atoms with Gasteiger partial charge in [-0.2, -0.15) is 109 Å². The topological polar surface area (TPSA) is 0 Å². The van der Waals surface area contributed by atoms with E-state index in [-0.39, 0.29) is 51.0 Å². The van der Waals surface area contributed by atoms with Gasteiger partial charge in [0.1, 0.15) is 0 Å². The van der Waals surface area contributed by atoms with Gasteiger partial charge in [0.05, 0.1) is 0 Å². The van der Waals surface area contributed by atoms with E-state index in [2.05, 4.69) is 66.7 Å². The van der Waals surface area contributed by atoms with Crippen LogP contribution in [-0.4, -0.2) is 0 Å². The summed E-state index contributed by atoms with van der Waals surface area (Å²) in [6, 6.07) is 43.1. The van der Waals surface area contributed by atoms with E-state index in [0.29, 0.717) is 0 Å². The van der Waals surface area contributed by atoms with Gasteiger partial charge < -0.3 is 0 Å². The second-order valence-electron chi connectivity index (χ2n) is 6.55. The SMILES string of the molecule is Cl.Cl.[C-]1=CC=CC1.[Zr+4].[c-]1cccc2c1Cc1ccccc1-2.[c-]1ccccc1.[c-]1ccccc1. The molecule has 6 rings (SSSR count). The molecule has 4 aromatic carbocycles. The molecule has 0 aliphatic heterocycles. The fourth-order valence-electron chi connectivity index (χ4n) is 3.02. The van der Waals surface area contributed by atoms with E-state index in [1.165, 1.54) is 22.3 Å². The molecule has 0 N–H and O–H groups in total. The molecule has 0 fully saturated rings. The molecule has 0 spiro atoms. The predicted molar refractivity (Wildman–Crippen MR) is 140 cm³/mol. The van der Waals surface area contributed by atoms with Gasteiger partial charge in [-0.25, -0.2) is 12.2 Å². The van der Waals surface area contributed by atoms with E-state index in [1.807, 2.05) is 78.9 Å². The van der Waals surface area contributed by atoms with E-state index in [1.54, 1.807) is 0 Å². The second kappa shape index (κ2) is 19.3. The Hall–Kier alpha value is -2.18. The Bertz CT molecular complexity index is 906. The van der Waals surface area contributed by atoms with Crippen molar-refractivity contribution in [3.63, 3.8) is 0 Å². The summed E-state index contributed by atoms with van der Waals surface area (Å²) in [4.78, 5) is 0. The van der Waals surface area contributed by atoms with Crippen molar-refractivity contribution < 1.29 is 26.2 Å². The number of rotatable bonds is 0. The van der Waals surface area contributed by atoms with Crippen LogP contribution in [0, 0.1) is 24.3 Å². The van der Waals surface area contributed by atoms with Gasteiger partial charge >= 0.3 is 26.2 Å². The van der Waals surface area contributed by atoms with E-state index >= 15 is 0 Å². The number of halogens is 2. The first-order valence-corrected chi connectivity index (χ1v) is 10.1. The number of allylic oxidation sites excluding steroid dienone is 4. The van der Waals surface area contributed by atoms with Gasteiger partial charge in [0.15, 0.2) is 0 Å².